The Morgan fingerprint density at radius 1 is 1.17 bits per heavy atom. The van der Waals surface area contributed by atoms with E-state index in [0.717, 1.165) is 5.56 Å². The van der Waals surface area contributed by atoms with Gasteiger partial charge in [0.2, 0.25) is 10.0 Å². The topological polar surface area (TPSA) is 73.9 Å². The Morgan fingerprint density at radius 3 is 2.30 bits per heavy atom. The number of benzene rings is 1. The average Bonchev–Trinajstić information content (AvgIpc) is 2.53. The number of rotatable bonds is 9. The van der Waals surface area contributed by atoms with E-state index in [1.165, 1.54) is 7.11 Å². The Morgan fingerprint density at radius 2 is 1.78 bits per heavy atom. The van der Waals surface area contributed by atoms with Crippen molar-refractivity contribution in [2.24, 2.45) is 5.92 Å². The summed E-state index contributed by atoms with van der Waals surface area (Å²) in [7, 11) is 1.31. The summed E-state index contributed by atoms with van der Waals surface area (Å²) in [6, 6.07) is 9.34. The zero-order valence-electron chi connectivity index (χ0n) is 13.8. The van der Waals surface area contributed by atoms with Crippen molar-refractivity contribution in [2.45, 2.75) is 24.7 Å². The van der Waals surface area contributed by atoms with Gasteiger partial charge in [-0.1, -0.05) is 30.3 Å². The molecule has 0 heterocycles. The SMILES string of the molecule is COC(CS(=O)(=O)NCC1CC(OC)(OC)C1)c1ccccc1. The summed E-state index contributed by atoms with van der Waals surface area (Å²) in [6.07, 6.45) is 0.899. The molecule has 1 aliphatic rings. The minimum Gasteiger partial charge on any atom is -0.376 e. The molecule has 2 rings (SSSR count). The van der Waals surface area contributed by atoms with Crippen LogP contribution in [0.2, 0.25) is 0 Å². The van der Waals surface area contributed by atoms with Gasteiger partial charge in [0.25, 0.3) is 0 Å². The van der Waals surface area contributed by atoms with Crippen molar-refractivity contribution in [3.05, 3.63) is 35.9 Å². The number of nitrogens with one attached hydrogen (secondary N) is 1. The molecule has 1 aromatic rings. The molecular weight excluding hydrogens is 318 g/mol. The van der Waals surface area contributed by atoms with Crippen molar-refractivity contribution in [3.8, 4) is 0 Å². The molecule has 0 amide bonds. The molecule has 1 unspecified atom stereocenters. The lowest BCUT2D eigenvalue weighted by atomic mass is 9.79. The van der Waals surface area contributed by atoms with E-state index in [0.29, 0.717) is 19.4 Å². The summed E-state index contributed by atoms with van der Waals surface area (Å²) >= 11 is 0. The molecule has 0 aromatic heterocycles. The maximum atomic E-state index is 12.3. The monoisotopic (exact) mass is 343 g/mol. The first-order chi connectivity index (χ1) is 10.9. The van der Waals surface area contributed by atoms with Gasteiger partial charge in [-0.2, -0.15) is 0 Å². The maximum Gasteiger partial charge on any atom is 0.214 e. The second-order valence-corrected chi connectivity index (χ2v) is 7.71. The third-order valence-corrected chi connectivity index (χ3v) is 5.71. The van der Waals surface area contributed by atoms with Crippen LogP contribution in [0.4, 0.5) is 0 Å². The Balaban J connectivity index is 1.85. The fourth-order valence-corrected chi connectivity index (χ4v) is 4.19. The van der Waals surface area contributed by atoms with Gasteiger partial charge in [0, 0.05) is 40.7 Å². The average molecular weight is 343 g/mol. The Labute approximate surface area is 138 Å². The Bertz CT molecular complexity index is 578. The summed E-state index contributed by atoms with van der Waals surface area (Å²) in [5.41, 5.74) is 0.849. The van der Waals surface area contributed by atoms with Crippen LogP contribution in [0.1, 0.15) is 24.5 Å². The molecule has 1 fully saturated rings. The molecule has 23 heavy (non-hydrogen) atoms. The molecule has 7 heteroatoms. The number of sulfonamides is 1. The number of hydrogen-bond donors (Lipinski definition) is 1. The highest BCUT2D eigenvalue weighted by molar-refractivity contribution is 7.89. The predicted octanol–water partition coefficient (Wildman–Crippen LogP) is 1.69. The van der Waals surface area contributed by atoms with Crippen LogP contribution in [0.25, 0.3) is 0 Å². The first-order valence-electron chi connectivity index (χ1n) is 7.59. The van der Waals surface area contributed by atoms with E-state index >= 15 is 0 Å². The fourth-order valence-electron chi connectivity index (χ4n) is 2.85. The van der Waals surface area contributed by atoms with E-state index in [1.807, 2.05) is 30.3 Å². The van der Waals surface area contributed by atoms with Crippen LogP contribution >= 0.6 is 0 Å². The van der Waals surface area contributed by atoms with Crippen molar-refractivity contribution in [2.75, 3.05) is 33.6 Å². The van der Waals surface area contributed by atoms with Gasteiger partial charge < -0.3 is 14.2 Å². The third kappa shape index (κ3) is 4.74. The zero-order chi connectivity index (χ0) is 16.9. The van der Waals surface area contributed by atoms with Crippen LogP contribution in [0.5, 0.6) is 0 Å². The molecule has 0 saturated heterocycles. The van der Waals surface area contributed by atoms with E-state index in [1.54, 1.807) is 14.2 Å². The molecule has 1 saturated carbocycles. The van der Waals surface area contributed by atoms with E-state index in [9.17, 15) is 8.42 Å². The van der Waals surface area contributed by atoms with Crippen molar-refractivity contribution >= 4 is 10.0 Å². The molecule has 0 spiro atoms. The predicted molar refractivity (Wildman–Crippen MR) is 87.5 cm³/mol. The molecule has 0 radical (unpaired) electrons. The van der Waals surface area contributed by atoms with Gasteiger partial charge in [0.1, 0.15) is 0 Å². The highest BCUT2D eigenvalue weighted by Crippen LogP contribution is 2.40. The van der Waals surface area contributed by atoms with Crippen LogP contribution in [0, 0.1) is 5.92 Å². The minimum atomic E-state index is -3.42. The molecule has 1 aliphatic carbocycles. The summed E-state index contributed by atoms with van der Waals surface area (Å²) in [5.74, 6) is -0.419. The van der Waals surface area contributed by atoms with Gasteiger partial charge in [-0.25, -0.2) is 13.1 Å². The van der Waals surface area contributed by atoms with Crippen molar-refractivity contribution in [3.63, 3.8) is 0 Å². The standard InChI is InChI=1S/C16H25NO5S/c1-20-15(14-7-5-4-6-8-14)12-23(18,19)17-11-13-9-16(10-13,21-2)22-3/h4-8,13,15,17H,9-12H2,1-3H3. The van der Waals surface area contributed by atoms with Gasteiger partial charge in [0.15, 0.2) is 5.79 Å². The van der Waals surface area contributed by atoms with Gasteiger partial charge in [-0.05, 0) is 11.5 Å². The lowest BCUT2D eigenvalue weighted by Gasteiger charge is -2.45. The normalized spacial score (nSPS) is 19.3. The molecular formula is C16H25NO5S. The lowest BCUT2D eigenvalue weighted by molar-refractivity contribution is -0.268. The number of hydrogen-bond acceptors (Lipinski definition) is 5. The maximum absolute atomic E-state index is 12.3. The van der Waals surface area contributed by atoms with Crippen molar-refractivity contribution in [1.82, 2.24) is 4.72 Å². The highest BCUT2D eigenvalue weighted by atomic mass is 32.2. The molecule has 0 bridgehead atoms. The Hall–Kier alpha value is -0.990. The number of methoxy groups -OCH3 is 3. The summed E-state index contributed by atoms with van der Waals surface area (Å²) in [5, 5.41) is 0. The van der Waals surface area contributed by atoms with Crippen LogP contribution in [0.3, 0.4) is 0 Å². The number of ether oxygens (including phenoxy) is 3. The van der Waals surface area contributed by atoms with Crippen molar-refractivity contribution in [1.29, 1.82) is 0 Å². The summed E-state index contributed by atoms with van der Waals surface area (Å²) < 4.78 is 43.1. The van der Waals surface area contributed by atoms with Crippen LogP contribution in [0.15, 0.2) is 30.3 Å². The van der Waals surface area contributed by atoms with E-state index < -0.39 is 21.9 Å². The van der Waals surface area contributed by atoms with Crippen LogP contribution < -0.4 is 4.72 Å². The lowest BCUT2D eigenvalue weighted by Crippen LogP contribution is -2.50. The van der Waals surface area contributed by atoms with Gasteiger partial charge in [-0.3, -0.25) is 0 Å². The van der Waals surface area contributed by atoms with Crippen LogP contribution in [-0.4, -0.2) is 47.8 Å². The van der Waals surface area contributed by atoms with Gasteiger partial charge >= 0.3 is 0 Å². The van der Waals surface area contributed by atoms with Crippen LogP contribution in [-0.2, 0) is 24.2 Å². The molecule has 130 valence electrons. The van der Waals surface area contributed by atoms with E-state index in [4.69, 9.17) is 14.2 Å². The third-order valence-electron chi connectivity index (χ3n) is 4.36. The molecule has 0 aliphatic heterocycles. The molecule has 1 atom stereocenters. The second-order valence-electron chi connectivity index (χ2n) is 5.86. The first kappa shape index (κ1) is 18.4. The molecule has 1 N–H and O–H groups in total. The second kappa shape index (κ2) is 7.72. The Kier molecular flexibility index (Phi) is 6.16. The summed E-state index contributed by atoms with van der Waals surface area (Å²) in [4.78, 5) is 0. The first-order valence-corrected chi connectivity index (χ1v) is 9.24. The van der Waals surface area contributed by atoms with Crippen molar-refractivity contribution < 1.29 is 22.6 Å². The molecule has 6 nitrogen and oxygen atoms in total. The quantitative estimate of drug-likeness (QED) is 0.691. The van der Waals surface area contributed by atoms with Gasteiger partial charge in [-0.15, -0.1) is 0 Å². The minimum absolute atomic E-state index is 0.0973. The fraction of sp³-hybridized carbons (Fsp3) is 0.625. The smallest absolute Gasteiger partial charge is 0.214 e. The molecule has 1 aromatic carbocycles. The summed E-state index contributed by atoms with van der Waals surface area (Å²) in [6.45, 7) is 0.391. The van der Waals surface area contributed by atoms with Gasteiger partial charge in [0.05, 0.1) is 11.9 Å². The zero-order valence-corrected chi connectivity index (χ0v) is 14.6. The highest BCUT2D eigenvalue weighted by Gasteiger charge is 2.45. The largest absolute Gasteiger partial charge is 0.376 e. The van der Waals surface area contributed by atoms with E-state index in [-0.39, 0.29) is 11.7 Å². The van der Waals surface area contributed by atoms with E-state index in [2.05, 4.69) is 4.72 Å².